The van der Waals surface area contributed by atoms with Crippen LogP contribution in [0.4, 0.5) is 13.2 Å². The van der Waals surface area contributed by atoms with Crippen molar-refractivity contribution in [1.29, 1.82) is 0 Å². The number of para-hydroxylation sites is 1. The topological polar surface area (TPSA) is 117 Å². The fourth-order valence-corrected chi connectivity index (χ4v) is 5.70. The Balaban J connectivity index is 1.81. The maximum Gasteiger partial charge on any atom is 0.415 e. The summed E-state index contributed by atoms with van der Waals surface area (Å²) in [6, 6.07) is 12.7. The molecular weight excluding hydrogens is 640 g/mol. The summed E-state index contributed by atoms with van der Waals surface area (Å²) in [7, 11) is -2.92. The number of carbonyl (C=O) groups is 1. The highest BCUT2D eigenvalue weighted by atomic mass is 35.5. The van der Waals surface area contributed by atoms with Gasteiger partial charge in [0.25, 0.3) is 0 Å². The van der Waals surface area contributed by atoms with Crippen molar-refractivity contribution < 1.29 is 27.5 Å². The quantitative estimate of drug-likeness (QED) is 0.199. The summed E-state index contributed by atoms with van der Waals surface area (Å²) in [5.74, 6) is -1.19. The number of rotatable bonds is 10. The van der Waals surface area contributed by atoms with Gasteiger partial charge in [0.2, 0.25) is 0 Å². The van der Waals surface area contributed by atoms with Crippen LogP contribution in [-0.4, -0.2) is 60.8 Å². The molecule has 1 N–H and O–H groups in total. The monoisotopic (exact) mass is 670 g/mol. The van der Waals surface area contributed by atoms with Crippen LogP contribution in [0.15, 0.2) is 53.3 Å². The lowest BCUT2D eigenvalue weighted by molar-refractivity contribution is -0.202. The molecule has 4 aromatic rings. The number of hydrogen-bond donors (Lipinski definition) is 1. The van der Waals surface area contributed by atoms with E-state index < -0.39 is 50.3 Å². The predicted octanol–water partition coefficient (Wildman–Crippen LogP) is 6.23. The number of carboxylic acids is 1. The van der Waals surface area contributed by atoms with Crippen LogP contribution in [0.1, 0.15) is 32.4 Å². The summed E-state index contributed by atoms with van der Waals surface area (Å²) >= 11 is 12.3. The summed E-state index contributed by atoms with van der Waals surface area (Å²) in [4.78, 5) is 29.5. The number of alkyl halides is 3. The molecule has 0 aliphatic carbocycles. The van der Waals surface area contributed by atoms with Crippen molar-refractivity contribution in [3.05, 3.63) is 80.7 Å². The van der Waals surface area contributed by atoms with Crippen LogP contribution < -0.4 is 5.69 Å². The standard InChI is InChI=1S/C28H31Cl2F3N6O4Si/c1-27(2,3)44(4,5)43-21(28(31,32)33)15-37-25(17-10-12-18(29)13-11-17)36-38(26(37)42)16-22-34-23(14-24(40)41)39(35-22)20-9-7-6-8-19(20)30/h6-13,21H,14-16H2,1-5H3,(H,40,41). The highest BCUT2D eigenvalue weighted by Gasteiger charge is 2.48. The maximum atomic E-state index is 14.4. The van der Waals surface area contributed by atoms with Crippen LogP contribution in [0.5, 0.6) is 0 Å². The van der Waals surface area contributed by atoms with Crippen molar-refractivity contribution >= 4 is 37.5 Å². The Kier molecular flexibility index (Phi) is 9.50. The fraction of sp³-hybridized carbons (Fsp3) is 0.393. The van der Waals surface area contributed by atoms with Crippen LogP contribution in [0.25, 0.3) is 17.1 Å². The zero-order chi connectivity index (χ0) is 32.6. The molecule has 10 nitrogen and oxygen atoms in total. The lowest BCUT2D eigenvalue weighted by Gasteiger charge is -2.39. The molecule has 236 valence electrons. The Bertz CT molecular complexity index is 1710. The normalized spacial score (nSPS) is 13.3. The predicted molar refractivity (Wildman–Crippen MR) is 162 cm³/mol. The molecule has 0 spiro atoms. The van der Waals surface area contributed by atoms with Gasteiger partial charge in [0, 0.05) is 10.6 Å². The van der Waals surface area contributed by atoms with Gasteiger partial charge in [-0.05, 0) is 54.5 Å². The number of halogens is 5. The van der Waals surface area contributed by atoms with E-state index >= 15 is 0 Å². The SMILES string of the molecule is CC(C)(C)[Si](C)(C)OC(Cn1c(-c2ccc(Cl)cc2)nn(Cc2nc(CC(=O)O)n(-c3ccccc3Cl)n2)c1=O)C(F)(F)F. The molecule has 0 fully saturated rings. The van der Waals surface area contributed by atoms with E-state index in [2.05, 4.69) is 15.2 Å². The molecule has 0 aliphatic heterocycles. The van der Waals surface area contributed by atoms with Gasteiger partial charge < -0.3 is 9.53 Å². The van der Waals surface area contributed by atoms with E-state index in [4.69, 9.17) is 27.6 Å². The second kappa shape index (κ2) is 12.5. The van der Waals surface area contributed by atoms with Crippen molar-refractivity contribution in [2.24, 2.45) is 0 Å². The molecule has 44 heavy (non-hydrogen) atoms. The molecule has 2 heterocycles. The molecule has 0 saturated heterocycles. The number of carboxylic acid groups (broad SMARTS) is 1. The van der Waals surface area contributed by atoms with Crippen LogP contribution in [-0.2, 0) is 28.7 Å². The van der Waals surface area contributed by atoms with E-state index in [1.54, 1.807) is 37.4 Å². The second-order valence-corrected chi connectivity index (χ2v) is 17.3. The van der Waals surface area contributed by atoms with Gasteiger partial charge >= 0.3 is 17.8 Å². The van der Waals surface area contributed by atoms with E-state index in [0.717, 1.165) is 9.25 Å². The van der Waals surface area contributed by atoms with Crippen LogP contribution in [0, 0.1) is 0 Å². The first-order chi connectivity index (χ1) is 20.4. The minimum atomic E-state index is -4.78. The number of aromatic nitrogens is 6. The summed E-state index contributed by atoms with van der Waals surface area (Å²) in [5.41, 5.74) is -0.156. The van der Waals surface area contributed by atoms with Gasteiger partial charge in [0.05, 0.1) is 17.3 Å². The molecule has 0 amide bonds. The molecule has 4 rings (SSSR count). The lowest BCUT2D eigenvalue weighted by atomic mass is 10.2. The third-order valence-corrected chi connectivity index (χ3v) is 12.4. The minimum absolute atomic E-state index is 0.000436. The highest BCUT2D eigenvalue weighted by molar-refractivity contribution is 6.74. The van der Waals surface area contributed by atoms with Crippen LogP contribution >= 0.6 is 23.2 Å². The maximum absolute atomic E-state index is 14.4. The molecule has 0 aliphatic rings. The zero-order valence-corrected chi connectivity index (χ0v) is 27.1. The molecule has 0 radical (unpaired) electrons. The zero-order valence-electron chi connectivity index (χ0n) is 24.6. The third kappa shape index (κ3) is 7.42. The van der Waals surface area contributed by atoms with Gasteiger partial charge in [0.15, 0.2) is 26.1 Å². The summed E-state index contributed by atoms with van der Waals surface area (Å²) in [6.07, 6.45) is -7.57. The smallest absolute Gasteiger partial charge is 0.415 e. The van der Waals surface area contributed by atoms with Crippen molar-refractivity contribution in [1.82, 2.24) is 29.1 Å². The fourth-order valence-electron chi connectivity index (χ4n) is 4.09. The van der Waals surface area contributed by atoms with Crippen molar-refractivity contribution in [2.45, 2.75) is 70.7 Å². The van der Waals surface area contributed by atoms with Gasteiger partial charge in [0.1, 0.15) is 18.8 Å². The lowest BCUT2D eigenvalue weighted by Crippen LogP contribution is -2.50. The van der Waals surface area contributed by atoms with Gasteiger partial charge in [-0.25, -0.2) is 19.1 Å². The molecule has 2 aromatic carbocycles. The summed E-state index contributed by atoms with van der Waals surface area (Å²) in [6.45, 7) is 7.66. The van der Waals surface area contributed by atoms with Crippen molar-refractivity contribution in [2.75, 3.05) is 0 Å². The Morgan fingerprint density at radius 3 is 2.25 bits per heavy atom. The van der Waals surface area contributed by atoms with Gasteiger partial charge in [-0.1, -0.05) is 56.1 Å². The first kappa shape index (κ1) is 33.4. The average Bonchev–Trinajstić information content (AvgIpc) is 3.43. The first-order valence-electron chi connectivity index (χ1n) is 13.5. The van der Waals surface area contributed by atoms with Gasteiger partial charge in [-0.2, -0.15) is 13.2 Å². The van der Waals surface area contributed by atoms with Gasteiger partial charge in [-0.15, -0.1) is 10.2 Å². The van der Waals surface area contributed by atoms with E-state index in [1.807, 2.05) is 20.8 Å². The molecule has 0 saturated carbocycles. The van der Waals surface area contributed by atoms with Crippen molar-refractivity contribution in [3.8, 4) is 17.1 Å². The summed E-state index contributed by atoms with van der Waals surface area (Å²) in [5, 5.41) is 18.3. The second-order valence-electron chi connectivity index (χ2n) is 11.7. The Labute approximate surface area is 262 Å². The van der Waals surface area contributed by atoms with E-state index in [9.17, 15) is 27.9 Å². The number of aliphatic carboxylic acids is 1. The summed E-state index contributed by atoms with van der Waals surface area (Å²) < 4.78 is 52.1. The molecule has 2 aromatic heterocycles. The van der Waals surface area contributed by atoms with Crippen molar-refractivity contribution in [3.63, 3.8) is 0 Å². The third-order valence-electron chi connectivity index (χ3n) is 7.38. The highest BCUT2D eigenvalue weighted by Crippen LogP contribution is 2.40. The molecule has 1 unspecified atom stereocenters. The number of nitrogens with zero attached hydrogens (tertiary/aromatic N) is 6. The van der Waals surface area contributed by atoms with E-state index in [-0.39, 0.29) is 29.0 Å². The molecule has 16 heteroatoms. The van der Waals surface area contributed by atoms with Gasteiger partial charge in [-0.3, -0.25) is 9.36 Å². The largest absolute Gasteiger partial charge is 0.481 e. The molecule has 1 atom stereocenters. The molecular formula is C28H31Cl2F3N6O4Si. The van der Waals surface area contributed by atoms with Crippen LogP contribution in [0.3, 0.4) is 0 Å². The van der Waals surface area contributed by atoms with E-state index in [1.165, 1.54) is 28.9 Å². The Hall–Kier alpha value is -3.46. The number of benzene rings is 2. The van der Waals surface area contributed by atoms with Crippen LogP contribution in [0.2, 0.25) is 28.2 Å². The Morgan fingerprint density at radius 2 is 1.68 bits per heavy atom. The molecule has 0 bridgehead atoms. The first-order valence-corrected chi connectivity index (χ1v) is 17.1. The minimum Gasteiger partial charge on any atom is -0.481 e. The Morgan fingerprint density at radius 1 is 1.05 bits per heavy atom. The van der Waals surface area contributed by atoms with E-state index in [0.29, 0.717) is 16.3 Å². The number of hydrogen-bond acceptors (Lipinski definition) is 6. The average molecular weight is 672 g/mol.